The Balaban J connectivity index is 3.17. The highest BCUT2D eigenvalue weighted by molar-refractivity contribution is 5.38. The molecule has 1 heterocycles. The van der Waals surface area contributed by atoms with E-state index in [1.54, 1.807) is 0 Å². The van der Waals surface area contributed by atoms with Gasteiger partial charge in [0.2, 0.25) is 0 Å². The summed E-state index contributed by atoms with van der Waals surface area (Å²) in [7, 11) is 0. The molecule has 108 valence electrons. The summed E-state index contributed by atoms with van der Waals surface area (Å²) >= 11 is 0. The summed E-state index contributed by atoms with van der Waals surface area (Å²) in [6.45, 7) is 8.79. The van der Waals surface area contributed by atoms with Gasteiger partial charge in [0.15, 0.2) is 0 Å². The van der Waals surface area contributed by atoms with Gasteiger partial charge in [-0.3, -0.25) is 19.2 Å². The molecule has 0 unspecified atom stereocenters. The number of anilines is 1. The molecular weight excluding hydrogens is 244 g/mol. The monoisotopic (exact) mass is 268 g/mol. The molecule has 0 aliphatic rings. The summed E-state index contributed by atoms with van der Waals surface area (Å²) in [5.74, 6) is 0.300. The standard InChI is InChI=1S/C13H24N4O2/c1-4-7-8-17-11(14)10(9-16(5-2)6-3)12(18)15-13(17)19/h4-9,14H2,1-3H3,(H,15,18,19). The van der Waals surface area contributed by atoms with Gasteiger partial charge in [-0.05, 0) is 19.5 Å². The van der Waals surface area contributed by atoms with Crippen molar-refractivity contribution in [1.82, 2.24) is 14.5 Å². The SMILES string of the molecule is CCCCn1c(N)c(CN(CC)CC)c(=O)[nH]c1=O. The molecule has 0 amide bonds. The van der Waals surface area contributed by atoms with Gasteiger partial charge in [0, 0.05) is 13.1 Å². The minimum absolute atomic E-state index is 0.300. The maximum absolute atomic E-state index is 11.9. The summed E-state index contributed by atoms with van der Waals surface area (Å²) < 4.78 is 1.46. The third-order valence-electron chi connectivity index (χ3n) is 3.35. The first-order valence-electron chi connectivity index (χ1n) is 6.88. The first-order chi connectivity index (χ1) is 9.04. The molecule has 0 saturated heterocycles. The predicted octanol–water partition coefficient (Wildman–Crippen LogP) is 0.761. The third kappa shape index (κ3) is 3.70. The number of hydrogen-bond acceptors (Lipinski definition) is 4. The maximum atomic E-state index is 11.9. The summed E-state index contributed by atoms with van der Waals surface area (Å²) in [4.78, 5) is 28.1. The quantitative estimate of drug-likeness (QED) is 0.764. The van der Waals surface area contributed by atoms with E-state index in [4.69, 9.17) is 5.73 Å². The van der Waals surface area contributed by atoms with Crippen LogP contribution in [-0.2, 0) is 13.1 Å². The Hall–Kier alpha value is -1.56. The Kier molecular flexibility index (Phi) is 5.82. The molecule has 0 saturated carbocycles. The lowest BCUT2D eigenvalue weighted by molar-refractivity contribution is 0.294. The Morgan fingerprint density at radius 1 is 1.21 bits per heavy atom. The van der Waals surface area contributed by atoms with Crippen molar-refractivity contribution in [2.45, 2.75) is 46.7 Å². The minimum atomic E-state index is -0.417. The van der Waals surface area contributed by atoms with Crippen molar-refractivity contribution in [2.24, 2.45) is 0 Å². The van der Waals surface area contributed by atoms with E-state index in [2.05, 4.69) is 9.88 Å². The predicted molar refractivity (Wildman–Crippen MR) is 77.3 cm³/mol. The molecular formula is C13H24N4O2. The van der Waals surface area contributed by atoms with Crippen LogP contribution in [0.2, 0.25) is 0 Å². The van der Waals surface area contributed by atoms with Crippen LogP contribution in [-0.4, -0.2) is 27.5 Å². The molecule has 0 aliphatic carbocycles. The van der Waals surface area contributed by atoms with Crippen LogP contribution in [0.5, 0.6) is 0 Å². The van der Waals surface area contributed by atoms with Gasteiger partial charge in [-0.1, -0.05) is 27.2 Å². The number of nitrogen functional groups attached to an aromatic ring is 1. The zero-order valence-corrected chi connectivity index (χ0v) is 12.0. The average molecular weight is 268 g/mol. The molecule has 3 N–H and O–H groups in total. The molecule has 0 atom stereocenters. The van der Waals surface area contributed by atoms with Crippen LogP contribution in [0.3, 0.4) is 0 Å². The molecule has 0 aromatic carbocycles. The van der Waals surface area contributed by atoms with Crippen LogP contribution in [0.15, 0.2) is 9.59 Å². The van der Waals surface area contributed by atoms with Crippen molar-refractivity contribution in [1.29, 1.82) is 0 Å². The van der Waals surface area contributed by atoms with E-state index in [9.17, 15) is 9.59 Å². The highest BCUT2D eigenvalue weighted by Gasteiger charge is 2.14. The Labute approximate surface area is 113 Å². The van der Waals surface area contributed by atoms with Crippen LogP contribution in [0, 0.1) is 0 Å². The number of hydrogen-bond donors (Lipinski definition) is 2. The van der Waals surface area contributed by atoms with Crippen molar-refractivity contribution in [3.05, 3.63) is 26.4 Å². The third-order valence-corrected chi connectivity index (χ3v) is 3.35. The number of rotatable bonds is 7. The molecule has 1 aromatic heterocycles. The van der Waals surface area contributed by atoms with Crippen molar-refractivity contribution in [3.8, 4) is 0 Å². The molecule has 0 spiro atoms. The van der Waals surface area contributed by atoms with Gasteiger partial charge in [-0.2, -0.15) is 0 Å². The number of unbranched alkanes of at least 4 members (excludes halogenated alkanes) is 1. The van der Waals surface area contributed by atoms with E-state index in [1.807, 2.05) is 20.8 Å². The Bertz CT molecular complexity index is 514. The lowest BCUT2D eigenvalue weighted by Gasteiger charge is -2.19. The van der Waals surface area contributed by atoms with E-state index in [0.29, 0.717) is 24.5 Å². The van der Waals surface area contributed by atoms with E-state index < -0.39 is 5.69 Å². The molecule has 6 nitrogen and oxygen atoms in total. The second-order valence-electron chi connectivity index (χ2n) is 4.59. The summed E-state index contributed by atoms with van der Waals surface area (Å²) in [5.41, 5.74) is 5.69. The Morgan fingerprint density at radius 2 is 1.84 bits per heavy atom. The van der Waals surface area contributed by atoms with Crippen LogP contribution >= 0.6 is 0 Å². The van der Waals surface area contributed by atoms with E-state index in [1.165, 1.54) is 4.57 Å². The summed E-state index contributed by atoms with van der Waals surface area (Å²) in [6, 6.07) is 0. The van der Waals surface area contributed by atoms with E-state index in [0.717, 1.165) is 25.9 Å². The van der Waals surface area contributed by atoms with Gasteiger partial charge < -0.3 is 5.73 Å². The van der Waals surface area contributed by atoms with Crippen LogP contribution < -0.4 is 17.0 Å². The fourth-order valence-electron chi connectivity index (χ4n) is 1.99. The zero-order valence-electron chi connectivity index (χ0n) is 12.0. The first kappa shape index (κ1) is 15.5. The molecule has 0 fully saturated rings. The molecule has 6 heteroatoms. The van der Waals surface area contributed by atoms with Crippen molar-refractivity contribution < 1.29 is 0 Å². The fourth-order valence-corrected chi connectivity index (χ4v) is 1.99. The topological polar surface area (TPSA) is 84.1 Å². The zero-order chi connectivity index (χ0) is 14.4. The number of H-pyrrole nitrogens is 1. The number of nitrogens with one attached hydrogen (secondary N) is 1. The summed E-state index contributed by atoms with van der Waals surface area (Å²) in [6.07, 6.45) is 1.83. The number of nitrogens with zero attached hydrogens (tertiary/aromatic N) is 2. The van der Waals surface area contributed by atoms with Gasteiger partial charge in [0.25, 0.3) is 5.56 Å². The number of aromatic nitrogens is 2. The van der Waals surface area contributed by atoms with Crippen molar-refractivity contribution >= 4 is 5.82 Å². The highest BCUT2D eigenvalue weighted by Crippen LogP contribution is 2.08. The highest BCUT2D eigenvalue weighted by atomic mass is 16.2. The van der Waals surface area contributed by atoms with E-state index in [-0.39, 0.29) is 5.56 Å². The summed E-state index contributed by atoms with van der Waals surface area (Å²) in [5, 5.41) is 0. The smallest absolute Gasteiger partial charge is 0.329 e. The second-order valence-corrected chi connectivity index (χ2v) is 4.59. The van der Waals surface area contributed by atoms with Gasteiger partial charge in [0.05, 0.1) is 5.56 Å². The average Bonchev–Trinajstić information content (AvgIpc) is 2.38. The molecule has 1 aromatic rings. The van der Waals surface area contributed by atoms with Gasteiger partial charge >= 0.3 is 5.69 Å². The van der Waals surface area contributed by atoms with Crippen LogP contribution in [0.25, 0.3) is 0 Å². The molecule has 19 heavy (non-hydrogen) atoms. The largest absolute Gasteiger partial charge is 0.385 e. The first-order valence-corrected chi connectivity index (χ1v) is 6.88. The van der Waals surface area contributed by atoms with Crippen molar-refractivity contribution in [3.63, 3.8) is 0 Å². The Morgan fingerprint density at radius 3 is 2.37 bits per heavy atom. The molecule has 0 aliphatic heterocycles. The number of aromatic amines is 1. The lowest BCUT2D eigenvalue weighted by atomic mass is 10.2. The lowest BCUT2D eigenvalue weighted by Crippen LogP contribution is -2.37. The van der Waals surface area contributed by atoms with Crippen molar-refractivity contribution in [2.75, 3.05) is 18.8 Å². The number of nitrogens with two attached hydrogens (primary N) is 1. The molecule has 0 radical (unpaired) electrons. The molecule has 0 bridgehead atoms. The fraction of sp³-hybridized carbons (Fsp3) is 0.692. The van der Waals surface area contributed by atoms with Gasteiger partial charge in [0.1, 0.15) is 5.82 Å². The minimum Gasteiger partial charge on any atom is -0.385 e. The van der Waals surface area contributed by atoms with Gasteiger partial charge in [-0.25, -0.2) is 4.79 Å². The second kappa shape index (κ2) is 7.13. The van der Waals surface area contributed by atoms with Gasteiger partial charge in [-0.15, -0.1) is 0 Å². The maximum Gasteiger partial charge on any atom is 0.329 e. The van der Waals surface area contributed by atoms with E-state index >= 15 is 0 Å². The van der Waals surface area contributed by atoms with Crippen LogP contribution in [0.4, 0.5) is 5.82 Å². The normalized spacial score (nSPS) is 11.2. The molecule has 1 rings (SSSR count). The van der Waals surface area contributed by atoms with Crippen LogP contribution in [0.1, 0.15) is 39.2 Å².